The summed E-state index contributed by atoms with van der Waals surface area (Å²) in [5, 5.41) is 4.33. The number of primary amides is 1. The molecule has 2 aromatic heterocycles. The first kappa shape index (κ1) is 13.8. The molecule has 2 aromatic rings. The van der Waals surface area contributed by atoms with Crippen LogP contribution in [0, 0.1) is 0 Å². The van der Waals surface area contributed by atoms with Crippen molar-refractivity contribution in [2.45, 2.75) is 19.1 Å². The lowest BCUT2D eigenvalue weighted by Crippen LogP contribution is -2.32. The first-order valence-electron chi connectivity index (χ1n) is 6.66. The van der Waals surface area contributed by atoms with Gasteiger partial charge in [0.1, 0.15) is 12.4 Å². The molecule has 1 fully saturated rings. The zero-order valence-corrected chi connectivity index (χ0v) is 11.4. The molecule has 2 N–H and O–H groups in total. The van der Waals surface area contributed by atoms with E-state index in [9.17, 15) is 4.79 Å². The molecule has 0 aliphatic carbocycles. The number of nitrogens with two attached hydrogens (primary N) is 1. The normalized spacial score (nSPS) is 18.8. The lowest BCUT2D eigenvalue weighted by atomic mass is 10.3. The number of furan rings is 1. The van der Waals surface area contributed by atoms with Crippen molar-refractivity contribution in [1.82, 2.24) is 14.8 Å². The Kier molecular flexibility index (Phi) is 3.98. The maximum atomic E-state index is 11.0. The summed E-state index contributed by atoms with van der Waals surface area (Å²) in [6.07, 6.45) is 3.04. The summed E-state index contributed by atoms with van der Waals surface area (Å²) in [5.41, 5.74) is 5.98. The van der Waals surface area contributed by atoms with Gasteiger partial charge in [-0.05, 0) is 6.07 Å². The van der Waals surface area contributed by atoms with Gasteiger partial charge >= 0.3 is 0 Å². The van der Waals surface area contributed by atoms with Crippen LogP contribution in [-0.4, -0.2) is 46.6 Å². The van der Waals surface area contributed by atoms with Crippen LogP contribution in [0.4, 0.5) is 0 Å². The topological polar surface area (TPSA) is 105 Å². The lowest BCUT2D eigenvalue weighted by Gasteiger charge is -2.23. The fraction of sp³-hybridized carbons (Fsp3) is 0.462. The van der Waals surface area contributed by atoms with E-state index >= 15 is 0 Å². The summed E-state index contributed by atoms with van der Waals surface area (Å²) in [7, 11) is 0. The lowest BCUT2D eigenvalue weighted by molar-refractivity contribution is -0.117. The Balaban J connectivity index is 1.85. The van der Waals surface area contributed by atoms with E-state index in [1.807, 2.05) is 0 Å². The highest BCUT2D eigenvalue weighted by molar-refractivity contribution is 5.75. The summed E-state index contributed by atoms with van der Waals surface area (Å²) in [6, 6.07) is 1.78. The van der Waals surface area contributed by atoms with Gasteiger partial charge in [-0.3, -0.25) is 4.79 Å². The summed E-state index contributed by atoms with van der Waals surface area (Å²) in [6.45, 7) is 2.17. The molecule has 1 amide bonds. The predicted octanol–water partition coefficient (Wildman–Crippen LogP) is -0.0187. The summed E-state index contributed by atoms with van der Waals surface area (Å²) in [5.74, 6) is 0.535. The molecule has 0 bridgehead atoms. The first-order chi connectivity index (χ1) is 10.2. The molecule has 0 radical (unpaired) electrons. The van der Waals surface area contributed by atoms with Gasteiger partial charge in [-0.15, -0.1) is 0 Å². The second-order valence-electron chi connectivity index (χ2n) is 4.76. The predicted molar refractivity (Wildman–Crippen MR) is 71.2 cm³/mol. The smallest absolute Gasteiger partial charge is 0.225 e. The van der Waals surface area contributed by atoms with E-state index in [-0.39, 0.29) is 12.5 Å². The molecule has 0 spiro atoms. The molecule has 3 heterocycles. The monoisotopic (exact) mass is 292 g/mol. The first-order valence-corrected chi connectivity index (χ1v) is 6.66. The van der Waals surface area contributed by atoms with Gasteiger partial charge in [0.15, 0.2) is 11.6 Å². The van der Waals surface area contributed by atoms with Crippen LogP contribution in [0.3, 0.4) is 0 Å². The number of ether oxygens (including phenoxy) is 2. The fourth-order valence-corrected chi connectivity index (χ4v) is 2.19. The van der Waals surface area contributed by atoms with Crippen molar-refractivity contribution in [3.8, 4) is 11.4 Å². The van der Waals surface area contributed by atoms with Gasteiger partial charge in [0.05, 0.1) is 44.6 Å². The zero-order valence-electron chi connectivity index (χ0n) is 11.4. The number of hydrogen-bond acceptors (Lipinski definition) is 6. The van der Waals surface area contributed by atoms with Crippen LogP contribution >= 0.6 is 0 Å². The van der Waals surface area contributed by atoms with Crippen molar-refractivity contribution in [3.05, 3.63) is 24.4 Å². The molecular formula is C13H16N4O4. The van der Waals surface area contributed by atoms with E-state index in [0.717, 1.165) is 5.56 Å². The van der Waals surface area contributed by atoms with Gasteiger partial charge in [0, 0.05) is 0 Å². The van der Waals surface area contributed by atoms with Crippen molar-refractivity contribution in [2.75, 3.05) is 19.8 Å². The highest BCUT2D eigenvalue weighted by Gasteiger charge is 2.20. The number of carbonyl (C=O) groups excluding carboxylic acids is 1. The second-order valence-corrected chi connectivity index (χ2v) is 4.76. The fourth-order valence-electron chi connectivity index (χ4n) is 2.19. The molecule has 112 valence electrons. The maximum Gasteiger partial charge on any atom is 0.225 e. The molecule has 21 heavy (non-hydrogen) atoms. The average molecular weight is 292 g/mol. The second kappa shape index (κ2) is 6.06. The van der Waals surface area contributed by atoms with E-state index < -0.39 is 5.91 Å². The van der Waals surface area contributed by atoms with Gasteiger partial charge < -0.3 is 19.6 Å². The molecular weight excluding hydrogens is 276 g/mol. The number of rotatable bonds is 5. The minimum Gasteiger partial charge on any atom is -0.472 e. The minimum atomic E-state index is -0.469. The maximum absolute atomic E-state index is 11.0. The van der Waals surface area contributed by atoms with E-state index in [0.29, 0.717) is 38.0 Å². The summed E-state index contributed by atoms with van der Waals surface area (Å²) in [4.78, 5) is 15.4. The number of nitrogens with zero attached hydrogens (tertiary/aromatic N) is 3. The minimum absolute atomic E-state index is 0.000124. The van der Waals surface area contributed by atoms with Crippen LogP contribution in [0.15, 0.2) is 23.0 Å². The van der Waals surface area contributed by atoms with Gasteiger partial charge in [0.25, 0.3) is 0 Å². The van der Waals surface area contributed by atoms with Crippen molar-refractivity contribution < 1.29 is 18.7 Å². The Hall–Kier alpha value is -2.19. The molecule has 1 aliphatic rings. The standard InChI is InChI=1S/C13H16N4O4/c14-11(18)5-12-15-13(9-1-2-19-7-9)17(16-12)6-10-8-20-3-4-21-10/h1-2,7,10H,3-6,8H2,(H2,14,18)/t10-/m1/s1. The molecule has 8 nitrogen and oxygen atoms in total. The van der Waals surface area contributed by atoms with E-state index in [1.54, 1.807) is 23.3 Å². The van der Waals surface area contributed by atoms with Crippen molar-refractivity contribution in [2.24, 2.45) is 5.73 Å². The Morgan fingerprint density at radius 3 is 3.05 bits per heavy atom. The van der Waals surface area contributed by atoms with Gasteiger partial charge in [-0.2, -0.15) is 5.10 Å². The number of hydrogen-bond donors (Lipinski definition) is 1. The Morgan fingerprint density at radius 1 is 1.48 bits per heavy atom. The Labute approximate surface area is 120 Å². The van der Waals surface area contributed by atoms with E-state index in [4.69, 9.17) is 19.6 Å². The molecule has 3 rings (SSSR count). The largest absolute Gasteiger partial charge is 0.472 e. The highest BCUT2D eigenvalue weighted by Crippen LogP contribution is 2.19. The van der Waals surface area contributed by atoms with Gasteiger partial charge in [-0.25, -0.2) is 9.67 Å². The Morgan fingerprint density at radius 2 is 2.38 bits per heavy atom. The highest BCUT2D eigenvalue weighted by atomic mass is 16.6. The number of amides is 1. The van der Waals surface area contributed by atoms with Gasteiger partial charge in [-0.1, -0.05) is 0 Å². The SMILES string of the molecule is NC(=O)Cc1nc(-c2ccoc2)n(C[C@@H]2COCCO2)n1. The quantitative estimate of drug-likeness (QED) is 0.830. The van der Waals surface area contributed by atoms with E-state index in [1.165, 1.54) is 0 Å². The third-order valence-corrected chi connectivity index (χ3v) is 3.09. The van der Waals surface area contributed by atoms with Crippen molar-refractivity contribution >= 4 is 5.91 Å². The number of carbonyl (C=O) groups is 1. The molecule has 1 atom stereocenters. The average Bonchev–Trinajstić information content (AvgIpc) is 3.09. The van der Waals surface area contributed by atoms with Crippen LogP contribution in [0.25, 0.3) is 11.4 Å². The van der Waals surface area contributed by atoms with Crippen LogP contribution in [-0.2, 0) is 27.2 Å². The summed E-state index contributed by atoms with van der Waals surface area (Å²) < 4.78 is 17.8. The van der Waals surface area contributed by atoms with Crippen LogP contribution in [0.2, 0.25) is 0 Å². The molecule has 0 saturated carbocycles. The third-order valence-electron chi connectivity index (χ3n) is 3.09. The van der Waals surface area contributed by atoms with Crippen molar-refractivity contribution in [3.63, 3.8) is 0 Å². The Bertz CT molecular complexity index is 602. The zero-order chi connectivity index (χ0) is 14.7. The van der Waals surface area contributed by atoms with Crippen LogP contribution in [0.1, 0.15) is 5.82 Å². The summed E-state index contributed by atoms with van der Waals surface area (Å²) >= 11 is 0. The van der Waals surface area contributed by atoms with Gasteiger partial charge in [0.2, 0.25) is 5.91 Å². The van der Waals surface area contributed by atoms with Crippen LogP contribution in [0.5, 0.6) is 0 Å². The molecule has 0 unspecified atom stereocenters. The molecule has 1 aliphatic heterocycles. The molecule has 8 heteroatoms. The van der Waals surface area contributed by atoms with Crippen LogP contribution < -0.4 is 5.73 Å². The van der Waals surface area contributed by atoms with E-state index in [2.05, 4.69) is 10.1 Å². The third kappa shape index (κ3) is 3.29. The van der Waals surface area contributed by atoms with Crippen molar-refractivity contribution in [1.29, 1.82) is 0 Å². The molecule has 0 aromatic carbocycles. The molecule has 1 saturated heterocycles. The number of aromatic nitrogens is 3.